The molecule has 23 heavy (non-hydrogen) atoms. The number of ether oxygens (including phenoxy) is 2. The van der Waals surface area contributed by atoms with Gasteiger partial charge in [0.25, 0.3) is 0 Å². The predicted molar refractivity (Wildman–Crippen MR) is 82.2 cm³/mol. The number of unbranched alkanes of at least 4 members (excludes halogenated alkanes) is 2. The van der Waals surface area contributed by atoms with E-state index in [0.717, 1.165) is 43.6 Å². The molecule has 0 aromatic carbocycles. The summed E-state index contributed by atoms with van der Waals surface area (Å²) in [5.74, 6) is -1.90. The summed E-state index contributed by atoms with van der Waals surface area (Å²) in [6.07, 6.45) is 6.61. The van der Waals surface area contributed by atoms with E-state index in [2.05, 4.69) is 20.1 Å². The van der Waals surface area contributed by atoms with Gasteiger partial charge in [0.15, 0.2) is 0 Å². The lowest BCUT2D eigenvalue weighted by Crippen LogP contribution is -2.24. The minimum atomic E-state index is -0.586. The molecule has 0 saturated carbocycles. The number of carbonyl (C=O) groups excluding carboxylic acids is 4. The van der Waals surface area contributed by atoms with E-state index in [4.69, 9.17) is 0 Å². The number of esters is 2. The highest BCUT2D eigenvalue weighted by Gasteiger charge is 1.99. The van der Waals surface area contributed by atoms with Crippen LogP contribution in [-0.4, -0.2) is 51.1 Å². The van der Waals surface area contributed by atoms with E-state index in [0.29, 0.717) is 13.1 Å². The molecule has 0 aromatic heterocycles. The summed E-state index contributed by atoms with van der Waals surface area (Å²) in [6.45, 7) is 0.946. The third-order valence-electron chi connectivity index (χ3n) is 2.60. The van der Waals surface area contributed by atoms with E-state index in [1.165, 1.54) is 14.2 Å². The van der Waals surface area contributed by atoms with Crippen molar-refractivity contribution in [3.05, 3.63) is 24.3 Å². The van der Waals surface area contributed by atoms with E-state index in [-0.39, 0.29) is 11.8 Å². The molecule has 0 fully saturated rings. The lowest BCUT2D eigenvalue weighted by Gasteiger charge is -2.03. The van der Waals surface area contributed by atoms with Gasteiger partial charge in [-0.1, -0.05) is 0 Å². The third-order valence-corrected chi connectivity index (χ3v) is 2.60. The Bertz CT molecular complexity index is 429. The maximum Gasteiger partial charge on any atom is 0.330 e. The zero-order chi connectivity index (χ0) is 17.5. The van der Waals surface area contributed by atoms with Crippen molar-refractivity contribution >= 4 is 23.8 Å². The van der Waals surface area contributed by atoms with Gasteiger partial charge in [0.1, 0.15) is 0 Å². The summed E-state index contributed by atoms with van der Waals surface area (Å²) in [5.41, 5.74) is 0. The van der Waals surface area contributed by atoms with Crippen LogP contribution < -0.4 is 10.6 Å². The third kappa shape index (κ3) is 12.8. The molecule has 0 atom stereocenters. The Labute approximate surface area is 134 Å². The predicted octanol–water partition coefficient (Wildman–Crippen LogP) is -0.152. The summed E-state index contributed by atoms with van der Waals surface area (Å²) < 4.78 is 8.71. The van der Waals surface area contributed by atoms with Crippen LogP contribution in [0.15, 0.2) is 24.3 Å². The van der Waals surface area contributed by atoms with Gasteiger partial charge in [-0.15, -0.1) is 0 Å². The Kier molecular flexibility index (Phi) is 11.6. The first-order valence-electron chi connectivity index (χ1n) is 7.07. The van der Waals surface area contributed by atoms with Crippen LogP contribution >= 0.6 is 0 Å². The molecule has 0 heterocycles. The normalized spacial score (nSPS) is 10.5. The fourth-order valence-corrected chi connectivity index (χ4v) is 1.39. The highest BCUT2D eigenvalue weighted by molar-refractivity contribution is 5.95. The number of nitrogens with one attached hydrogen (secondary N) is 2. The van der Waals surface area contributed by atoms with E-state index in [9.17, 15) is 19.2 Å². The van der Waals surface area contributed by atoms with Crippen molar-refractivity contribution in [1.82, 2.24) is 10.6 Å². The van der Waals surface area contributed by atoms with Crippen LogP contribution in [0.1, 0.15) is 19.3 Å². The number of methoxy groups -OCH3 is 2. The summed E-state index contributed by atoms with van der Waals surface area (Å²) in [4.78, 5) is 44.1. The Balaban J connectivity index is 3.60. The van der Waals surface area contributed by atoms with Crippen LogP contribution in [0.2, 0.25) is 0 Å². The molecule has 0 spiro atoms. The number of hydrogen-bond donors (Lipinski definition) is 2. The van der Waals surface area contributed by atoms with Crippen molar-refractivity contribution in [2.24, 2.45) is 0 Å². The quantitative estimate of drug-likeness (QED) is 0.328. The van der Waals surface area contributed by atoms with Crippen LogP contribution in [-0.2, 0) is 28.7 Å². The Morgan fingerprint density at radius 2 is 1.09 bits per heavy atom. The second-order valence-electron chi connectivity index (χ2n) is 4.36. The number of rotatable bonds is 10. The molecule has 0 radical (unpaired) electrons. The van der Waals surface area contributed by atoms with Gasteiger partial charge >= 0.3 is 11.9 Å². The van der Waals surface area contributed by atoms with Gasteiger partial charge < -0.3 is 20.1 Å². The molecule has 8 heteroatoms. The summed E-state index contributed by atoms with van der Waals surface area (Å²) in [7, 11) is 2.46. The second-order valence-corrected chi connectivity index (χ2v) is 4.36. The molecule has 0 rings (SSSR count). The highest BCUT2D eigenvalue weighted by atomic mass is 16.5. The van der Waals surface area contributed by atoms with Gasteiger partial charge in [-0.25, -0.2) is 9.59 Å². The molecule has 2 N–H and O–H groups in total. The second kappa shape index (κ2) is 13.1. The number of carbonyl (C=O) groups is 4. The highest BCUT2D eigenvalue weighted by Crippen LogP contribution is 1.93. The minimum Gasteiger partial charge on any atom is -0.466 e. The maximum absolute atomic E-state index is 11.3. The van der Waals surface area contributed by atoms with Crippen LogP contribution in [0.5, 0.6) is 0 Å². The average molecular weight is 326 g/mol. The van der Waals surface area contributed by atoms with E-state index < -0.39 is 11.9 Å². The Hall–Kier alpha value is -2.64. The topological polar surface area (TPSA) is 111 Å². The van der Waals surface area contributed by atoms with Crippen molar-refractivity contribution in [3.63, 3.8) is 0 Å². The molecule has 0 aromatic rings. The summed E-state index contributed by atoms with van der Waals surface area (Å²) >= 11 is 0. The zero-order valence-electron chi connectivity index (χ0n) is 13.3. The SMILES string of the molecule is COC(=O)/C=C/C(=O)NCCCCCNC(=O)/C=C/C(=O)OC. The van der Waals surface area contributed by atoms with Crippen LogP contribution in [0, 0.1) is 0 Å². The molecule has 0 bridgehead atoms. The maximum atomic E-state index is 11.3. The molecular formula is C15H22N2O6. The monoisotopic (exact) mass is 326 g/mol. The van der Waals surface area contributed by atoms with Crippen molar-refractivity contribution in [2.75, 3.05) is 27.3 Å². The molecule has 2 amide bonds. The Morgan fingerprint density at radius 3 is 1.43 bits per heavy atom. The zero-order valence-corrected chi connectivity index (χ0v) is 13.3. The molecule has 0 aliphatic heterocycles. The lowest BCUT2D eigenvalue weighted by atomic mass is 10.2. The van der Waals surface area contributed by atoms with Crippen molar-refractivity contribution in [2.45, 2.75) is 19.3 Å². The van der Waals surface area contributed by atoms with E-state index in [1.807, 2.05) is 0 Å². The molecule has 0 aliphatic carbocycles. The van der Waals surface area contributed by atoms with Crippen molar-refractivity contribution < 1.29 is 28.7 Å². The van der Waals surface area contributed by atoms with Crippen LogP contribution in [0.3, 0.4) is 0 Å². The Morgan fingerprint density at radius 1 is 0.696 bits per heavy atom. The first-order valence-corrected chi connectivity index (χ1v) is 7.07. The average Bonchev–Trinajstić information content (AvgIpc) is 2.56. The van der Waals surface area contributed by atoms with Gasteiger partial charge in [-0.05, 0) is 19.3 Å². The van der Waals surface area contributed by atoms with Gasteiger partial charge in [0, 0.05) is 37.4 Å². The minimum absolute atomic E-state index is 0.364. The fraction of sp³-hybridized carbons (Fsp3) is 0.467. The number of hydrogen-bond acceptors (Lipinski definition) is 6. The van der Waals surface area contributed by atoms with Gasteiger partial charge in [-0.2, -0.15) is 0 Å². The van der Waals surface area contributed by atoms with Crippen LogP contribution in [0.4, 0.5) is 0 Å². The largest absolute Gasteiger partial charge is 0.466 e. The smallest absolute Gasteiger partial charge is 0.330 e. The standard InChI is InChI=1S/C15H22N2O6/c1-22-14(20)8-6-12(18)16-10-4-3-5-11-17-13(19)7-9-15(21)23-2/h6-9H,3-5,10-11H2,1-2H3,(H,16,18)(H,17,19)/b8-6+,9-7+. The summed E-state index contributed by atoms with van der Waals surface area (Å²) in [5, 5.41) is 5.24. The van der Waals surface area contributed by atoms with Gasteiger partial charge in [0.05, 0.1) is 14.2 Å². The summed E-state index contributed by atoms with van der Waals surface area (Å²) in [6, 6.07) is 0. The van der Waals surface area contributed by atoms with Crippen molar-refractivity contribution in [1.29, 1.82) is 0 Å². The fourth-order valence-electron chi connectivity index (χ4n) is 1.39. The van der Waals surface area contributed by atoms with E-state index >= 15 is 0 Å². The first-order chi connectivity index (χ1) is 11.0. The lowest BCUT2D eigenvalue weighted by molar-refractivity contribution is -0.135. The molecule has 0 saturated heterocycles. The molecule has 0 aliphatic rings. The number of amides is 2. The van der Waals surface area contributed by atoms with Gasteiger partial charge in [-0.3, -0.25) is 9.59 Å². The van der Waals surface area contributed by atoms with Crippen molar-refractivity contribution in [3.8, 4) is 0 Å². The molecular weight excluding hydrogens is 304 g/mol. The molecule has 8 nitrogen and oxygen atoms in total. The molecule has 128 valence electrons. The first kappa shape index (κ1) is 20.4. The molecule has 0 unspecified atom stereocenters. The van der Waals surface area contributed by atoms with E-state index in [1.54, 1.807) is 0 Å². The van der Waals surface area contributed by atoms with Gasteiger partial charge in [0.2, 0.25) is 11.8 Å². The van der Waals surface area contributed by atoms with Crippen LogP contribution in [0.25, 0.3) is 0 Å².